The van der Waals surface area contributed by atoms with Gasteiger partial charge in [-0.15, -0.1) is 0 Å². The van der Waals surface area contributed by atoms with E-state index in [4.69, 9.17) is 0 Å². The van der Waals surface area contributed by atoms with Crippen LogP contribution in [0, 0.1) is 0 Å². The highest BCUT2D eigenvalue weighted by atomic mass is 32.2. The fourth-order valence-electron chi connectivity index (χ4n) is 1.39. The highest BCUT2D eigenvalue weighted by Gasteiger charge is 2.13. The predicted octanol–water partition coefficient (Wildman–Crippen LogP) is 4.40. The van der Waals surface area contributed by atoms with Crippen molar-refractivity contribution in [2.45, 2.75) is 6.92 Å². The lowest BCUT2D eigenvalue weighted by molar-refractivity contribution is 1.39. The van der Waals surface area contributed by atoms with Crippen molar-refractivity contribution >= 4 is 17.5 Å². The maximum Gasteiger partial charge on any atom is 0.0766 e. The molecule has 0 aromatic heterocycles. The molecule has 0 fully saturated rings. The van der Waals surface area contributed by atoms with E-state index in [1.165, 1.54) is 0 Å². The molecule has 0 aliphatic carbocycles. The van der Waals surface area contributed by atoms with Gasteiger partial charge in [-0.25, -0.2) is 0 Å². The molecule has 0 bridgehead atoms. The van der Waals surface area contributed by atoms with Gasteiger partial charge in [-0.05, 0) is 13.0 Å². The van der Waals surface area contributed by atoms with Gasteiger partial charge in [0.25, 0.3) is 0 Å². The number of allylic oxidation sites excluding steroid dienone is 5. The van der Waals surface area contributed by atoms with Crippen LogP contribution in [-0.2, 0) is 0 Å². The fraction of sp³-hybridized carbons (Fsp3) is 0.0714. The quantitative estimate of drug-likeness (QED) is 0.695. The van der Waals surface area contributed by atoms with Crippen LogP contribution in [-0.4, -0.2) is 5.71 Å². The molecule has 1 aliphatic heterocycles. The molecule has 16 heavy (non-hydrogen) atoms. The molecule has 0 radical (unpaired) electrons. The molecule has 1 aliphatic rings. The predicted molar refractivity (Wildman–Crippen MR) is 75.5 cm³/mol. The monoisotopic (exact) mass is 229 g/mol. The van der Waals surface area contributed by atoms with Gasteiger partial charge in [0.1, 0.15) is 0 Å². The zero-order valence-corrected chi connectivity index (χ0v) is 10.3. The third-order valence-corrected chi connectivity index (χ3v) is 3.39. The van der Waals surface area contributed by atoms with Crippen LogP contribution in [0.3, 0.4) is 0 Å². The van der Waals surface area contributed by atoms with E-state index >= 15 is 0 Å². The van der Waals surface area contributed by atoms with Gasteiger partial charge >= 0.3 is 0 Å². The summed E-state index contributed by atoms with van der Waals surface area (Å²) in [4.78, 5) is 6.54. The smallest absolute Gasteiger partial charge is 0.0766 e. The molecule has 0 saturated carbocycles. The van der Waals surface area contributed by atoms with E-state index < -0.39 is 0 Å². The number of aliphatic imine (C=N–C) groups is 1. The Balaban J connectivity index is 3.44. The van der Waals surface area contributed by atoms with Crippen molar-refractivity contribution in [3.63, 3.8) is 0 Å². The molecule has 0 unspecified atom stereocenters. The van der Waals surface area contributed by atoms with Crippen LogP contribution in [0.25, 0.3) is 0 Å². The zero-order chi connectivity index (χ0) is 12.1. The number of nitrogens with zero attached hydrogens (tertiary/aromatic N) is 1. The van der Waals surface area contributed by atoms with Crippen molar-refractivity contribution in [3.8, 4) is 0 Å². The van der Waals surface area contributed by atoms with Crippen molar-refractivity contribution < 1.29 is 0 Å². The minimum atomic E-state index is 0.841. The average molecular weight is 229 g/mol. The van der Waals surface area contributed by atoms with Crippen LogP contribution >= 0.6 is 11.8 Å². The fourth-order valence-corrected chi connectivity index (χ4v) is 2.37. The van der Waals surface area contributed by atoms with Gasteiger partial charge in [0.15, 0.2) is 0 Å². The zero-order valence-electron chi connectivity index (χ0n) is 9.49. The van der Waals surface area contributed by atoms with Crippen molar-refractivity contribution in [2.24, 2.45) is 4.99 Å². The van der Waals surface area contributed by atoms with Gasteiger partial charge < -0.3 is 0 Å². The molecule has 1 heterocycles. The molecule has 82 valence electrons. The Bertz CT molecular complexity index is 447. The summed E-state index contributed by atoms with van der Waals surface area (Å²) in [7, 11) is 0. The molecule has 0 aromatic carbocycles. The van der Waals surface area contributed by atoms with Crippen LogP contribution in [0.1, 0.15) is 6.92 Å². The number of thioether (sulfide) groups is 1. The molecule has 1 nitrogen and oxygen atoms in total. The van der Waals surface area contributed by atoms with Crippen LogP contribution in [0.15, 0.2) is 76.7 Å². The minimum Gasteiger partial charge on any atom is -0.252 e. The highest BCUT2D eigenvalue weighted by Crippen LogP contribution is 2.35. The lowest BCUT2D eigenvalue weighted by Gasteiger charge is -2.04. The van der Waals surface area contributed by atoms with Crippen molar-refractivity contribution in [1.82, 2.24) is 0 Å². The summed E-state index contributed by atoms with van der Waals surface area (Å²) in [6.45, 7) is 17.1. The van der Waals surface area contributed by atoms with E-state index in [1.54, 1.807) is 30.0 Å². The number of hydrogen-bond donors (Lipinski definition) is 0. The molecule has 1 rings (SSSR count). The number of hydrogen-bond acceptors (Lipinski definition) is 2. The topological polar surface area (TPSA) is 12.4 Å². The van der Waals surface area contributed by atoms with Crippen LogP contribution in [0.2, 0.25) is 0 Å². The molecule has 0 N–H and O–H groups in total. The van der Waals surface area contributed by atoms with Gasteiger partial charge in [0.2, 0.25) is 0 Å². The SMILES string of the molecule is C=CC1=C(C=C)SC(C=C)=C(C=C)C(C)=N1. The first kappa shape index (κ1) is 12.5. The third kappa shape index (κ3) is 2.34. The first-order chi connectivity index (χ1) is 7.67. The van der Waals surface area contributed by atoms with Gasteiger partial charge in [-0.1, -0.05) is 56.3 Å². The van der Waals surface area contributed by atoms with Gasteiger partial charge in [0, 0.05) is 21.1 Å². The summed E-state index contributed by atoms with van der Waals surface area (Å²) in [5, 5.41) is 0. The molecule has 0 atom stereocenters. The number of rotatable bonds is 4. The molecule has 0 saturated heterocycles. The van der Waals surface area contributed by atoms with Crippen LogP contribution in [0.4, 0.5) is 0 Å². The normalized spacial score (nSPS) is 16.4. The Morgan fingerprint density at radius 2 is 1.56 bits per heavy atom. The largest absolute Gasteiger partial charge is 0.252 e. The average Bonchev–Trinajstić information content (AvgIpc) is 2.44. The van der Waals surface area contributed by atoms with Crippen LogP contribution < -0.4 is 0 Å². The second-order valence-electron chi connectivity index (χ2n) is 3.14. The Labute approximate surface area is 101 Å². The van der Waals surface area contributed by atoms with E-state index in [9.17, 15) is 0 Å². The highest BCUT2D eigenvalue weighted by molar-refractivity contribution is 8.07. The van der Waals surface area contributed by atoms with Crippen molar-refractivity contribution in [1.29, 1.82) is 0 Å². The summed E-state index contributed by atoms with van der Waals surface area (Å²) >= 11 is 1.59. The minimum absolute atomic E-state index is 0.841. The first-order valence-electron chi connectivity index (χ1n) is 4.89. The second-order valence-corrected chi connectivity index (χ2v) is 4.23. The van der Waals surface area contributed by atoms with Crippen LogP contribution in [0.5, 0.6) is 0 Å². The Hall–Kier alpha value is -1.54. The summed E-state index contributed by atoms with van der Waals surface area (Å²) in [6, 6.07) is 0. The van der Waals surface area contributed by atoms with Crippen molar-refractivity contribution in [3.05, 3.63) is 71.7 Å². The lowest BCUT2D eigenvalue weighted by Crippen LogP contribution is -1.95. The molecule has 0 aromatic rings. The van der Waals surface area contributed by atoms with Crippen molar-refractivity contribution in [2.75, 3.05) is 0 Å². The first-order valence-corrected chi connectivity index (χ1v) is 5.71. The summed E-state index contributed by atoms with van der Waals surface area (Å²) < 4.78 is 0. The second kappa shape index (κ2) is 5.52. The van der Waals surface area contributed by atoms with Gasteiger partial charge in [-0.2, -0.15) is 0 Å². The maximum atomic E-state index is 4.51. The van der Waals surface area contributed by atoms with E-state index in [1.807, 2.05) is 13.0 Å². The van der Waals surface area contributed by atoms with E-state index in [0.717, 1.165) is 26.8 Å². The lowest BCUT2D eigenvalue weighted by atomic mass is 10.1. The third-order valence-electron chi connectivity index (χ3n) is 2.18. The van der Waals surface area contributed by atoms with E-state index in [2.05, 4.69) is 31.3 Å². The summed E-state index contributed by atoms with van der Waals surface area (Å²) in [5.74, 6) is 0. The Kier molecular flexibility index (Phi) is 4.32. The van der Waals surface area contributed by atoms with E-state index in [0.29, 0.717) is 0 Å². The molecular formula is C14H15NS. The van der Waals surface area contributed by atoms with Gasteiger partial charge in [-0.3, -0.25) is 4.99 Å². The standard InChI is InChI=1S/C14H15NS/c1-6-11-10(5)15-12(7-2)14(9-4)16-13(11)8-3/h6-9H,1-4H2,5H3. The Morgan fingerprint density at radius 3 is 2.00 bits per heavy atom. The summed E-state index contributed by atoms with van der Waals surface area (Å²) in [5.41, 5.74) is 2.77. The van der Waals surface area contributed by atoms with Gasteiger partial charge in [0.05, 0.1) is 5.70 Å². The van der Waals surface area contributed by atoms with E-state index in [-0.39, 0.29) is 0 Å². The molecule has 0 spiro atoms. The molecule has 0 amide bonds. The maximum absolute atomic E-state index is 4.51. The molecule has 2 heteroatoms. The molecular weight excluding hydrogens is 214 g/mol. The summed E-state index contributed by atoms with van der Waals surface area (Å²) in [6.07, 6.45) is 7.14. The Morgan fingerprint density at radius 1 is 0.938 bits per heavy atom.